The lowest BCUT2D eigenvalue weighted by atomic mass is 10.1. The number of benzene rings is 1. The van der Waals surface area contributed by atoms with E-state index in [0.29, 0.717) is 18.8 Å². The van der Waals surface area contributed by atoms with Gasteiger partial charge in [-0.05, 0) is 43.5 Å². The van der Waals surface area contributed by atoms with Crippen molar-refractivity contribution in [1.29, 1.82) is 0 Å². The Morgan fingerprint density at radius 1 is 0.871 bits per heavy atom. The second kappa shape index (κ2) is 14.8. The first-order chi connectivity index (χ1) is 14.8. The average Bonchev–Trinajstić information content (AvgIpc) is 2.72. The molecule has 0 aliphatic carbocycles. The van der Waals surface area contributed by atoms with Crippen molar-refractivity contribution in [3.05, 3.63) is 29.8 Å². The molecule has 0 aliphatic heterocycles. The molecule has 0 radical (unpaired) electrons. The zero-order valence-corrected chi connectivity index (χ0v) is 17.7. The van der Waals surface area contributed by atoms with Crippen molar-refractivity contribution in [1.82, 2.24) is 5.32 Å². The summed E-state index contributed by atoms with van der Waals surface area (Å²) in [7, 11) is 0. The van der Waals surface area contributed by atoms with Crippen molar-refractivity contribution in [2.24, 2.45) is 5.73 Å². The van der Waals surface area contributed by atoms with Gasteiger partial charge in [-0.25, -0.2) is 9.59 Å². The molecule has 5 N–H and O–H groups in total. The van der Waals surface area contributed by atoms with Gasteiger partial charge in [0.25, 0.3) is 0 Å². The Labute approximate surface area is 182 Å². The fraction of sp³-hybridized carbons (Fsp3) is 0.545. The lowest BCUT2D eigenvalue weighted by Gasteiger charge is -2.13. The molecule has 0 bridgehead atoms. The van der Waals surface area contributed by atoms with Gasteiger partial charge in [0.2, 0.25) is 11.8 Å². The van der Waals surface area contributed by atoms with Crippen molar-refractivity contribution in [3.63, 3.8) is 0 Å². The smallest absolute Gasteiger partial charge is 0.335 e. The van der Waals surface area contributed by atoms with Crippen LogP contribution in [0.3, 0.4) is 0 Å². The number of ether oxygens (including phenoxy) is 1. The molecule has 9 nitrogen and oxygen atoms in total. The minimum absolute atomic E-state index is 0.00619. The summed E-state index contributed by atoms with van der Waals surface area (Å²) in [5, 5.41) is 20.3. The fourth-order valence-electron chi connectivity index (χ4n) is 2.97. The Balaban J connectivity index is 2.02. The SMILES string of the molecule is NC(=O)CC[C@H](NC(=O)CCCCCCCCCOc1ccc(C(=O)O)cc1)C(=O)O. The molecule has 0 unspecified atom stereocenters. The van der Waals surface area contributed by atoms with Gasteiger partial charge in [-0.1, -0.05) is 32.1 Å². The van der Waals surface area contributed by atoms with E-state index in [2.05, 4.69) is 5.32 Å². The predicted octanol–water partition coefficient (Wildman–Crippen LogP) is 2.72. The van der Waals surface area contributed by atoms with Crippen LogP contribution in [0.4, 0.5) is 0 Å². The molecular weight excluding hydrogens is 404 g/mol. The number of carbonyl (C=O) groups excluding carboxylic acids is 2. The number of hydrogen-bond donors (Lipinski definition) is 4. The summed E-state index contributed by atoms with van der Waals surface area (Å²) in [4.78, 5) is 44.5. The molecule has 1 aromatic rings. The number of unbranched alkanes of at least 4 members (excludes halogenated alkanes) is 6. The summed E-state index contributed by atoms with van der Waals surface area (Å²) in [5.41, 5.74) is 5.24. The summed E-state index contributed by atoms with van der Waals surface area (Å²) >= 11 is 0. The van der Waals surface area contributed by atoms with E-state index >= 15 is 0 Å². The standard InChI is InChI=1S/C22H32N2O7/c23-19(25)14-13-18(22(29)30)24-20(26)8-6-4-2-1-3-5-7-15-31-17-11-9-16(10-12-17)21(27)28/h9-12,18H,1-8,13-15H2,(H2,23,25)(H,24,26)(H,27,28)(H,29,30)/t18-/m0/s1. The maximum Gasteiger partial charge on any atom is 0.335 e. The molecule has 0 fully saturated rings. The maximum atomic E-state index is 11.8. The van der Waals surface area contributed by atoms with Crippen LogP contribution in [0.15, 0.2) is 24.3 Å². The second-order valence-corrected chi connectivity index (χ2v) is 7.37. The summed E-state index contributed by atoms with van der Waals surface area (Å²) in [5.74, 6) is -2.40. The van der Waals surface area contributed by atoms with Gasteiger partial charge in [0.05, 0.1) is 12.2 Å². The van der Waals surface area contributed by atoms with Crippen molar-refractivity contribution in [3.8, 4) is 5.75 Å². The van der Waals surface area contributed by atoms with E-state index in [1.54, 1.807) is 12.1 Å². The maximum absolute atomic E-state index is 11.8. The van der Waals surface area contributed by atoms with Gasteiger partial charge in [0.15, 0.2) is 0 Å². The van der Waals surface area contributed by atoms with Crippen molar-refractivity contribution in [2.45, 2.75) is 70.3 Å². The summed E-state index contributed by atoms with van der Waals surface area (Å²) in [6, 6.07) is 5.24. The van der Waals surface area contributed by atoms with Gasteiger partial charge in [-0.15, -0.1) is 0 Å². The Hall–Kier alpha value is -3.10. The van der Waals surface area contributed by atoms with Gasteiger partial charge in [-0.2, -0.15) is 0 Å². The third-order valence-electron chi connectivity index (χ3n) is 4.73. The summed E-state index contributed by atoms with van der Waals surface area (Å²) in [6.45, 7) is 0.576. The quantitative estimate of drug-likeness (QED) is 0.273. The van der Waals surface area contributed by atoms with Crippen molar-refractivity contribution in [2.75, 3.05) is 6.61 Å². The van der Waals surface area contributed by atoms with Crippen LogP contribution in [0.2, 0.25) is 0 Å². The van der Waals surface area contributed by atoms with Gasteiger partial charge in [0, 0.05) is 12.8 Å². The van der Waals surface area contributed by atoms with E-state index in [4.69, 9.17) is 20.7 Å². The fourth-order valence-corrected chi connectivity index (χ4v) is 2.97. The number of amides is 2. The molecule has 0 spiro atoms. The summed E-state index contributed by atoms with van der Waals surface area (Å²) in [6.07, 6.45) is 6.77. The largest absolute Gasteiger partial charge is 0.494 e. The lowest BCUT2D eigenvalue weighted by molar-refractivity contribution is -0.142. The highest BCUT2D eigenvalue weighted by Gasteiger charge is 2.20. The third kappa shape index (κ3) is 12.2. The number of carboxylic acids is 2. The number of primary amides is 1. The Kier molecular flexibility index (Phi) is 12.4. The van der Waals surface area contributed by atoms with Crippen LogP contribution in [0.1, 0.15) is 74.6 Å². The molecule has 1 atom stereocenters. The molecule has 2 amide bonds. The van der Waals surface area contributed by atoms with E-state index in [1.165, 1.54) is 12.1 Å². The molecule has 0 saturated carbocycles. The molecule has 9 heteroatoms. The van der Waals surface area contributed by atoms with Gasteiger partial charge in [-0.3, -0.25) is 9.59 Å². The Bertz CT molecular complexity index is 719. The lowest BCUT2D eigenvalue weighted by Crippen LogP contribution is -2.41. The van der Waals surface area contributed by atoms with E-state index in [1.807, 2.05) is 0 Å². The second-order valence-electron chi connectivity index (χ2n) is 7.37. The van der Waals surface area contributed by atoms with Crippen LogP contribution in [-0.2, 0) is 14.4 Å². The monoisotopic (exact) mass is 436 g/mol. The number of hydrogen-bond acceptors (Lipinski definition) is 5. The highest BCUT2D eigenvalue weighted by molar-refractivity contribution is 5.87. The Morgan fingerprint density at radius 2 is 1.45 bits per heavy atom. The number of rotatable bonds is 17. The number of carboxylic acid groups (broad SMARTS) is 2. The first-order valence-corrected chi connectivity index (χ1v) is 10.6. The summed E-state index contributed by atoms with van der Waals surface area (Å²) < 4.78 is 5.59. The number of aromatic carboxylic acids is 1. The van der Waals surface area contributed by atoms with Gasteiger partial charge < -0.3 is 26.0 Å². The highest BCUT2D eigenvalue weighted by atomic mass is 16.5. The van der Waals surface area contributed by atoms with E-state index in [0.717, 1.165) is 38.5 Å². The van der Waals surface area contributed by atoms with E-state index < -0.39 is 23.9 Å². The normalized spacial score (nSPS) is 11.5. The molecule has 31 heavy (non-hydrogen) atoms. The highest BCUT2D eigenvalue weighted by Crippen LogP contribution is 2.14. The molecule has 1 aromatic carbocycles. The van der Waals surface area contributed by atoms with E-state index in [-0.39, 0.29) is 30.7 Å². The topological polar surface area (TPSA) is 156 Å². The van der Waals surface area contributed by atoms with Crippen molar-refractivity contribution < 1.29 is 34.1 Å². The molecule has 0 aromatic heterocycles. The van der Waals surface area contributed by atoms with Gasteiger partial charge in [0.1, 0.15) is 11.8 Å². The number of aliphatic carboxylic acids is 1. The number of carbonyl (C=O) groups is 4. The van der Waals surface area contributed by atoms with Crippen molar-refractivity contribution >= 4 is 23.8 Å². The number of nitrogens with two attached hydrogens (primary N) is 1. The van der Waals surface area contributed by atoms with Crippen LogP contribution >= 0.6 is 0 Å². The first kappa shape index (κ1) is 25.9. The zero-order chi connectivity index (χ0) is 23.1. The van der Waals surface area contributed by atoms with Crippen LogP contribution in [0.5, 0.6) is 5.75 Å². The van der Waals surface area contributed by atoms with Crippen LogP contribution in [0, 0.1) is 0 Å². The molecule has 172 valence electrons. The predicted molar refractivity (Wildman–Crippen MR) is 114 cm³/mol. The Morgan fingerprint density at radius 3 is 2.00 bits per heavy atom. The van der Waals surface area contributed by atoms with E-state index in [9.17, 15) is 19.2 Å². The van der Waals surface area contributed by atoms with Crippen LogP contribution in [-0.4, -0.2) is 46.6 Å². The van der Waals surface area contributed by atoms with Gasteiger partial charge >= 0.3 is 11.9 Å². The minimum atomic E-state index is -1.17. The molecular formula is C22H32N2O7. The molecule has 0 saturated heterocycles. The van der Waals surface area contributed by atoms with Crippen LogP contribution in [0.25, 0.3) is 0 Å². The van der Waals surface area contributed by atoms with Crippen LogP contribution < -0.4 is 15.8 Å². The first-order valence-electron chi connectivity index (χ1n) is 10.6. The number of nitrogens with one attached hydrogen (secondary N) is 1. The molecule has 1 rings (SSSR count). The third-order valence-corrected chi connectivity index (χ3v) is 4.73. The average molecular weight is 437 g/mol. The molecule has 0 heterocycles. The minimum Gasteiger partial charge on any atom is -0.494 e. The zero-order valence-electron chi connectivity index (χ0n) is 17.7. The molecule has 0 aliphatic rings.